The molecular weight excluding hydrogens is 342 g/mol. The average Bonchev–Trinajstić information content (AvgIpc) is 3.55. The summed E-state index contributed by atoms with van der Waals surface area (Å²) in [7, 11) is 0. The molecule has 2 aromatic rings. The molecule has 2 aliphatic carbocycles. The van der Waals surface area contributed by atoms with Crippen molar-refractivity contribution in [2.24, 2.45) is 0 Å². The lowest BCUT2D eigenvalue weighted by atomic mass is 10.1. The summed E-state index contributed by atoms with van der Waals surface area (Å²) in [6.07, 6.45) is 4.37. The summed E-state index contributed by atoms with van der Waals surface area (Å²) in [6, 6.07) is 7.66. The quantitative estimate of drug-likeness (QED) is 0.688. The first-order valence-corrected chi connectivity index (χ1v) is 9.55. The highest BCUT2D eigenvalue weighted by molar-refractivity contribution is 5.69. The molecule has 0 aliphatic heterocycles. The third-order valence-electron chi connectivity index (χ3n) is 5.02. The largest absolute Gasteiger partial charge is 0.465 e. The van der Waals surface area contributed by atoms with E-state index in [9.17, 15) is 4.79 Å². The van der Waals surface area contributed by atoms with Crippen LogP contribution in [0.15, 0.2) is 18.2 Å². The molecule has 4 rings (SSSR count). The standard InChI is InChI=1S/C21H23N3O3/c1-3-26-18(25)12-24-20(15-6-7-15)21(19(23-24)14-4-5-14)27-17-9-8-16(11-22)13(2)10-17/h8-10,14-15H,3-7,12H2,1-2H3. The minimum Gasteiger partial charge on any atom is -0.465 e. The molecule has 0 unspecified atom stereocenters. The molecule has 1 aromatic carbocycles. The third kappa shape index (κ3) is 3.68. The molecule has 6 heteroatoms. The molecule has 6 nitrogen and oxygen atoms in total. The fourth-order valence-electron chi connectivity index (χ4n) is 3.35. The van der Waals surface area contributed by atoms with Gasteiger partial charge in [0, 0.05) is 11.8 Å². The van der Waals surface area contributed by atoms with Crippen molar-refractivity contribution in [1.82, 2.24) is 9.78 Å². The van der Waals surface area contributed by atoms with Gasteiger partial charge in [-0.15, -0.1) is 0 Å². The molecule has 27 heavy (non-hydrogen) atoms. The van der Waals surface area contributed by atoms with E-state index in [4.69, 9.17) is 19.8 Å². The van der Waals surface area contributed by atoms with Crippen LogP contribution in [0.3, 0.4) is 0 Å². The van der Waals surface area contributed by atoms with Gasteiger partial charge in [0.25, 0.3) is 0 Å². The first-order chi connectivity index (χ1) is 13.1. The van der Waals surface area contributed by atoms with Gasteiger partial charge in [-0.1, -0.05) is 0 Å². The predicted molar refractivity (Wildman–Crippen MR) is 98.8 cm³/mol. The number of hydrogen-bond acceptors (Lipinski definition) is 5. The minimum atomic E-state index is -0.273. The first kappa shape index (κ1) is 17.6. The van der Waals surface area contributed by atoms with Crippen LogP contribution in [0.5, 0.6) is 11.5 Å². The Morgan fingerprint density at radius 1 is 1.30 bits per heavy atom. The third-order valence-corrected chi connectivity index (χ3v) is 5.02. The molecule has 2 aliphatic rings. The summed E-state index contributed by atoms with van der Waals surface area (Å²) < 4.78 is 13.2. The van der Waals surface area contributed by atoms with Crippen LogP contribution in [-0.4, -0.2) is 22.4 Å². The van der Waals surface area contributed by atoms with Gasteiger partial charge in [0.05, 0.1) is 23.9 Å². The highest BCUT2D eigenvalue weighted by Gasteiger charge is 2.39. The summed E-state index contributed by atoms with van der Waals surface area (Å²) >= 11 is 0. The summed E-state index contributed by atoms with van der Waals surface area (Å²) in [5, 5.41) is 13.9. The molecule has 1 heterocycles. The molecule has 0 saturated heterocycles. The zero-order valence-corrected chi connectivity index (χ0v) is 15.7. The fourth-order valence-corrected chi connectivity index (χ4v) is 3.35. The normalized spacial score (nSPS) is 16.0. The second-order valence-electron chi connectivity index (χ2n) is 7.30. The van der Waals surface area contributed by atoms with Gasteiger partial charge < -0.3 is 9.47 Å². The maximum Gasteiger partial charge on any atom is 0.327 e. The number of esters is 1. The predicted octanol–water partition coefficient (Wildman–Crippen LogP) is 4.17. The molecule has 0 atom stereocenters. The van der Waals surface area contributed by atoms with E-state index in [1.54, 1.807) is 17.7 Å². The number of benzene rings is 1. The number of nitriles is 1. The van der Waals surface area contributed by atoms with E-state index < -0.39 is 0 Å². The van der Waals surface area contributed by atoms with Crippen LogP contribution in [0, 0.1) is 18.3 Å². The number of carbonyl (C=O) groups excluding carboxylic acids is 1. The molecule has 140 valence electrons. The van der Waals surface area contributed by atoms with Gasteiger partial charge in [-0.25, -0.2) is 0 Å². The maximum absolute atomic E-state index is 12.0. The number of aryl methyl sites for hydroxylation is 1. The Bertz CT molecular complexity index is 917. The van der Waals surface area contributed by atoms with Crippen LogP contribution < -0.4 is 4.74 Å². The van der Waals surface area contributed by atoms with E-state index in [1.807, 2.05) is 19.1 Å². The molecule has 0 spiro atoms. The molecule has 0 radical (unpaired) electrons. The van der Waals surface area contributed by atoms with Gasteiger partial charge >= 0.3 is 5.97 Å². The van der Waals surface area contributed by atoms with Gasteiger partial charge in [0.1, 0.15) is 18.0 Å². The molecule has 0 amide bonds. The molecule has 2 fully saturated rings. The topological polar surface area (TPSA) is 77.1 Å². The van der Waals surface area contributed by atoms with Crippen molar-refractivity contribution in [1.29, 1.82) is 5.26 Å². The number of rotatable bonds is 7. The first-order valence-electron chi connectivity index (χ1n) is 9.55. The molecule has 0 bridgehead atoms. The number of carbonyl (C=O) groups is 1. The van der Waals surface area contributed by atoms with E-state index in [0.717, 1.165) is 48.4 Å². The Kier molecular flexibility index (Phi) is 4.61. The highest BCUT2D eigenvalue weighted by atomic mass is 16.5. The fraction of sp³-hybridized carbons (Fsp3) is 0.476. The Morgan fingerprint density at radius 2 is 2.04 bits per heavy atom. The van der Waals surface area contributed by atoms with Crippen molar-refractivity contribution < 1.29 is 14.3 Å². The van der Waals surface area contributed by atoms with Crippen molar-refractivity contribution >= 4 is 5.97 Å². The second-order valence-corrected chi connectivity index (χ2v) is 7.30. The van der Waals surface area contributed by atoms with Gasteiger partial charge in [-0.3, -0.25) is 9.48 Å². The smallest absolute Gasteiger partial charge is 0.327 e. The Labute approximate surface area is 158 Å². The minimum absolute atomic E-state index is 0.120. The summed E-state index contributed by atoms with van der Waals surface area (Å²) in [5.74, 6) is 2.01. The van der Waals surface area contributed by atoms with E-state index in [1.165, 1.54) is 0 Å². The zero-order chi connectivity index (χ0) is 19.0. The number of hydrogen-bond donors (Lipinski definition) is 0. The monoisotopic (exact) mass is 365 g/mol. The Hall–Kier alpha value is -2.81. The lowest BCUT2D eigenvalue weighted by Gasteiger charge is -2.11. The van der Waals surface area contributed by atoms with E-state index in [-0.39, 0.29) is 12.5 Å². The van der Waals surface area contributed by atoms with E-state index in [2.05, 4.69) is 6.07 Å². The number of ether oxygens (including phenoxy) is 2. The van der Waals surface area contributed by atoms with E-state index >= 15 is 0 Å². The average molecular weight is 365 g/mol. The molecule has 0 N–H and O–H groups in total. The lowest BCUT2D eigenvalue weighted by molar-refractivity contribution is -0.144. The summed E-state index contributed by atoms with van der Waals surface area (Å²) in [6.45, 7) is 4.19. The molecule has 2 saturated carbocycles. The zero-order valence-electron chi connectivity index (χ0n) is 15.7. The van der Waals surface area contributed by atoms with Crippen LogP contribution >= 0.6 is 0 Å². The second kappa shape index (κ2) is 7.07. The highest BCUT2D eigenvalue weighted by Crippen LogP contribution is 2.52. The summed E-state index contributed by atoms with van der Waals surface area (Å²) in [5.41, 5.74) is 3.48. The van der Waals surface area contributed by atoms with Crippen molar-refractivity contribution in [2.45, 2.75) is 57.9 Å². The van der Waals surface area contributed by atoms with Gasteiger partial charge in [-0.2, -0.15) is 10.4 Å². The Balaban J connectivity index is 1.70. The van der Waals surface area contributed by atoms with E-state index in [0.29, 0.717) is 29.8 Å². The van der Waals surface area contributed by atoms with Crippen molar-refractivity contribution in [3.05, 3.63) is 40.7 Å². The lowest BCUT2D eigenvalue weighted by Crippen LogP contribution is -2.16. The van der Waals surface area contributed by atoms with Gasteiger partial charge in [-0.05, 0) is 63.3 Å². The van der Waals surface area contributed by atoms with Crippen LogP contribution in [-0.2, 0) is 16.1 Å². The Morgan fingerprint density at radius 3 is 2.63 bits per heavy atom. The maximum atomic E-state index is 12.0. The number of aromatic nitrogens is 2. The van der Waals surface area contributed by atoms with Crippen LogP contribution in [0.25, 0.3) is 0 Å². The van der Waals surface area contributed by atoms with Crippen LogP contribution in [0.1, 0.15) is 67.0 Å². The molecule has 1 aromatic heterocycles. The van der Waals surface area contributed by atoms with Gasteiger partial charge in [0.15, 0.2) is 5.75 Å². The van der Waals surface area contributed by atoms with Crippen LogP contribution in [0.4, 0.5) is 0 Å². The number of nitrogens with zero attached hydrogens (tertiary/aromatic N) is 3. The van der Waals surface area contributed by atoms with Crippen molar-refractivity contribution in [2.75, 3.05) is 6.61 Å². The van der Waals surface area contributed by atoms with Gasteiger partial charge in [0.2, 0.25) is 0 Å². The SMILES string of the molecule is CCOC(=O)Cn1nc(C2CC2)c(Oc2ccc(C#N)c(C)c2)c1C1CC1. The molecular formula is C21H23N3O3. The van der Waals surface area contributed by atoms with Crippen molar-refractivity contribution in [3.63, 3.8) is 0 Å². The van der Waals surface area contributed by atoms with Crippen molar-refractivity contribution in [3.8, 4) is 17.6 Å². The van der Waals surface area contributed by atoms with Crippen LogP contribution in [0.2, 0.25) is 0 Å². The summed E-state index contributed by atoms with van der Waals surface area (Å²) in [4.78, 5) is 12.0.